The van der Waals surface area contributed by atoms with E-state index in [1.165, 1.54) is 29.7 Å². The molecule has 0 saturated heterocycles. The summed E-state index contributed by atoms with van der Waals surface area (Å²) in [4.78, 5) is 27.8. The molecule has 10 heteroatoms. The molecular weight excluding hydrogens is 340 g/mol. The molecular formula is C14H11F2N5O2S. The molecule has 24 heavy (non-hydrogen) atoms. The van der Waals surface area contributed by atoms with Crippen molar-refractivity contribution in [1.29, 1.82) is 0 Å². The van der Waals surface area contributed by atoms with Gasteiger partial charge < -0.3 is 10.6 Å². The van der Waals surface area contributed by atoms with Crippen LogP contribution in [0, 0.1) is 11.6 Å². The monoisotopic (exact) mass is 351 g/mol. The van der Waals surface area contributed by atoms with Crippen LogP contribution >= 0.6 is 11.3 Å². The van der Waals surface area contributed by atoms with Gasteiger partial charge in [-0.25, -0.2) is 13.8 Å². The Morgan fingerprint density at radius 3 is 2.67 bits per heavy atom. The van der Waals surface area contributed by atoms with Crippen LogP contribution in [0.1, 0.15) is 10.4 Å². The highest BCUT2D eigenvalue weighted by Crippen LogP contribution is 2.15. The molecule has 7 nitrogen and oxygen atoms in total. The SMILES string of the molecule is O=C(NCCNc1nn2c(=O)ccnc2s1)c1c(F)cccc1F. The predicted molar refractivity (Wildman–Crippen MR) is 84.3 cm³/mol. The van der Waals surface area contributed by atoms with Crippen molar-refractivity contribution in [3.8, 4) is 0 Å². The number of benzene rings is 1. The fourth-order valence-corrected chi connectivity index (χ4v) is 2.76. The van der Waals surface area contributed by atoms with Crippen LogP contribution in [0.4, 0.5) is 13.9 Å². The minimum Gasteiger partial charge on any atom is -0.358 e. The van der Waals surface area contributed by atoms with Gasteiger partial charge in [0, 0.05) is 25.4 Å². The maximum absolute atomic E-state index is 13.5. The first kappa shape index (κ1) is 16.0. The zero-order valence-corrected chi connectivity index (χ0v) is 12.9. The predicted octanol–water partition coefficient (Wildman–Crippen LogP) is 1.27. The molecule has 3 aromatic rings. The molecule has 0 saturated carbocycles. The van der Waals surface area contributed by atoms with Crippen LogP contribution < -0.4 is 16.2 Å². The molecule has 0 fully saturated rings. The van der Waals surface area contributed by atoms with Crippen molar-refractivity contribution in [2.24, 2.45) is 0 Å². The molecule has 0 spiro atoms. The molecule has 0 aliphatic carbocycles. The van der Waals surface area contributed by atoms with Crippen molar-refractivity contribution >= 4 is 27.3 Å². The minimum absolute atomic E-state index is 0.116. The number of rotatable bonds is 5. The van der Waals surface area contributed by atoms with Gasteiger partial charge in [-0.2, -0.15) is 4.52 Å². The smallest absolute Gasteiger partial charge is 0.275 e. The van der Waals surface area contributed by atoms with Gasteiger partial charge >= 0.3 is 0 Å². The van der Waals surface area contributed by atoms with E-state index < -0.39 is 23.1 Å². The number of halogens is 2. The Morgan fingerprint density at radius 1 is 1.21 bits per heavy atom. The normalized spacial score (nSPS) is 10.8. The number of nitrogens with one attached hydrogen (secondary N) is 2. The summed E-state index contributed by atoms with van der Waals surface area (Å²) in [6.07, 6.45) is 1.39. The van der Waals surface area contributed by atoms with Crippen LogP contribution in [0.15, 0.2) is 35.3 Å². The lowest BCUT2D eigenvalue weighted by Crippen LogP contribution is -2.30. The Kier molecular flexibility index (Phi) is 4.47. The number of hydrogen-bond acceptors (Lipinski definition) is 6. The van der Waals surface area contributed by atoms with Gasteiger partial charge in [0.05, 0.1) is 0 Å². The lowest BCUT2D eigenvalue weighted by molar-refractivity contribution is 0.0947. The van der Waals surface area contributed by atoms with Crippen molar-refractivity contribution < 1.29 is 13.6 Å². The summed E-state index contributed by atoms with van der Waals surface area (Å²) in [5.74, 6) is -2.68. The van der Waals surface area contributed by atoms with E-state index in [0.29, 0.717) is 10.1 Å². The first-order valence-electron chi connectivity index (χ1n) is 6.87. The molecule has 0 unspecified atom stereocenters. The Morgan fingerprint density at radius 2 is 1.96 bits per heavy atom. The number of anilines is 1. The maximum atomic E-state index is 13.5. The molecule has 0 atom stereocenters. The van der Waals surface area contributed by atoms with E-state index in [2.05, 4.69) is 20.7 Å². The molecule has 0 aliphatic rings. The molecule has 0 bridgehead atoms. The van der Waals surface area contributed by atoms with Crippen molar-refractivity contribution in [3.05, 3.63) is 58.0 Å². The largest absolute Gasteiger partial charge is 0.358 e. The molecule has 2 N–H and O–H groups in total. The third kappa shape index (κ3) is 3.23. The van der Waals surface area contributed by atoms with E-state index in [0.717, 1.165) is 16.6 Å². The summed E-state index contributed by atoms with van der Waals surface area (Å²) in [5.41, 5.74) is -0.916. The van der Waals surface area contributed by atoms with Gasteiger partial charge in [-0.3, -0.25) is 9.59 Å². The average molecular weight is 351 g/mol. The Hall–Kier alpha value is -2.88. The highest BCUT2D eigenvalue weighted by molar-refractivity contribution is 7.20. The van der Waals surface area contributed by atoms with Gasteiger partial charge in [-0.05, 0) is 12.1 Å². The molecule has 2 aromatic heterocycles. The topological polar surface area (TPSA) is 88.4 Å². The number of fused-ring (bicyclic) bond motifs is 1. The number of carbonyl (C=O) groups is 1. The molecule has 1 amide bonds. The molecule has 3 rings (SSSR count). The van der Waals surface area contributed by atoms with Gasteiger partial charge in [0.2, 0.25) is 10.1 Å². The lowest BCUT2D eigenvalue weighted by atomic mass is 10.2. The van der Waals surface area contributed by atoms with Gasteiger partial charge in [0.15, 0.2) is 0 Å². The second-order valence-corrected chi connectivity index (χ2v) is 5.62. The summed E-state index contributed by atoms with van der Waals surface area (Å²) >= 11 is 1.17. The van der Waals surface area contributed by atoms with Crippen LogP contribution in [0.3, 0.4) is 0 Å². The summed E-state index contributed by atoms with van der Waals surface area (Å²) in [5, 5.41) is 9.78. The molecule has 0 aliphatic heterocycles. The quantitative estimate of drug-likeness (QED) is 0.676. The number of aromatic nitrogens is 3. The Balaban J connectivity index is 1.57. The first-order valence-corrected chi connectivity index (χ1v) is 7.69. The van der Waals surface area contributed by atoms with Crippen LogP contribution in [0.2, 0.25) is 0 Å². The minimum atomic E-state index is -0.919. The molecule has 124 valence electrons. The van der Waals surface area contributed by atoms with Crippen molar-refractivity contribution in [3.63, 3.8) is 0 Å². The second-order valence-electron chi connectivity index (χ2n) is 4.66. The van der Waals surface area contributed by atoms with Crippen molar-refractivity contribution in [2.75, 3.05) is 18.4 Å². The van der Waals surface area contributed by atoms with Gasteiger partial charge in [0.25, 0.3) is 11.5 Å². The Bertz CT molecular complexity index is 935. The zero-order valence-electron chi connectivity index (χ0n) is 12.1. The van der Waals surface area contributed by atoms with Gasteiger partial charge in [-0.1, -0.05) is 17.4 Å². The van der Waals surface area contributed by atoms with Crippen molar-refractivity contribution in [1.82, 2.24) is 19.9 Å². The first-order chi connectivity index (χ1) is 11.6. The van der Waals surface area contributed by atoms with E-state index >= 15 is 0 Å². The van der Waals surface area contributed by atoms with Crippen LogP contribution in [-0.2, 0) is 0 Å². The highest BCUT2D eigenvalue weighted by Gasteiger charge is 2.16. The van der Waals surface area contributed by atoms with E-state index in [1.54, 1.807) is 0 Å². The number of hydrogen-bond donors (Lipinski definition) is 2. The second kappa shape index (κ2) is 6.71. The van der Waals surface area contributed by atoms with Crippen LogP contribution in [0.25, 0.3) is 4.96 Å². The number of nitrogens with zero attached hydrogens (tertiary/aromatic N) is 3. The maximum Gasteiger partial charge on any atom is 0.275 e. The van der Waals surface area contributed by atoms with E-state index in [4.69, 9.17) is 0 Å². The lowest BCUT2D eigenvalue weighted by Gasteiger charge is -2.07. The van der Waals surface area contributed by atoms with Gasteiger partial charge in [-0.15, -0.1) is 5.10 Å². The van der Waals surface area contributed by atoms with Crippen molar-refractivity contribution in [2.45, 2.75) is 0 Å². The summed E-state index contributed by atoms with van der Waals surface area (Å²) < 4.78 is 28.1. The average Bonchev–Trinajstić information content (AvgIpc) is 2.96. The number of carbonyl (C=O) groups excluding carboxylic acids is 1. The van der Waals surface area contributed by atoms with Crippen LogP contribution in [-0.4, -0.2) is 33.6 Å². The van der Waals surface area contributed by atoms with E-state index in [1.807, 2.05) is 0 Å². The molecule has 1 aromatic carbocycles. The van der Waals surface area contributed by atoms with Crippen LogP contribution in [0.5, 0.6) is 0 Å². The highest BCUT2D eigenvalue weighted by atomic mass is 32.1. The molecule has 0 radical (unpaired) electrons. The van der Waals surface area contributed by atoms with Gasteiger partial charge in [0.1, 0.15) is 17.2 Å². The zero-order chi connectivity index (χ0) is 17.1. The summed E-state index contributed by atoms with van der Waals surface area (Å²) in [7, 11) is 0. The Labute approximate surface area is 138 Å². The molecule has 2 heterocycles. The number of amides is 1. The third-order valence-corrected chi connectivity index (χ3v) is 3.93. The fraction of sp³-hybridized carbons (Fsp3) is 0.143. The summed E-state index contributed by atoms with van der Waals surface area (Å²) in [6.45, 7) is 0.376. The van der Waals surface area contributed by atoms with E-state index in [9.17, 15) is 18.4 Å². The summed E-state index contributed by atoms with van der Waals surface area (Å²) in [6, 6.07) is 4.51. The van der Waals surface area contributed by atoms with E-state index in [-0.39, 0.29) is 18.6 Å². The third-order valence-electron chi connectivity index (χ3n) is 3.05. The fourth-order valence-electron chi connectivity index (χ4n) is 1.96. The standard InChI is InChI=1S/C14H11F2N5O2S/c15-8-2-1-3-9(16)11(8)12(23)17-6-7-18-13-20-21-10(22)4-5-19-14(21)24-13/h1-5H,6-7H2,(H,17,23)(H,18,20).